The lowest BCUT2D eigenvalue weighted by Crippen LogP contribution is -2.35. The van der Waals surface area contributed by atoms with Crippen molar-refractivity contribution in [3.05, 3.63) is 60.3 Å². The van der Waals surface area contributed by atoms with E-state index in [-0.39, 0.29) is 30.1 Å². The molecule has 31 heavy (non-hydrogen) atoms. The van der Waals surface area contributed by atoms with E-state index in [9.17, 15) is 14.9 Å². The van der Waals surface area contributed by atoms with Gasteiger partial charge in [0.1, 0.15) is 11.2 Å². The Morgan fingerprint density at radius 1 is 1.19 bits per heavy atom. The average molecular weight is 411 g/mol. The van der Waals surface area contributed by atoms with Gasteiger partial charge in [-0.1, -0.05) is 42.5 Å². The lowest BCUT2D eigenvalue weighted by molar-refractivity contribution is -0.123. The minimum Gasteiger partial charge on any atom is -0.295 e. The van der Waals surface area contributed by atoms with Crippen molar-refractivity contribution >= 4 is 34.4 Å². The van der Waals surface area contributed by atoms with Crippen molar-refractivity contribution in [1.29, 1.82) is 5.26 Å². The largest absolute Gasteiger partial charge is 0.295 e. The van der Waals surface area contributed by atoms with E-state index in [2.05, 4.69) is 21.4 Å². The third-order valence-corrected chi connectivity index (χ3v) is 6.23. The molecule has 1 N–H and O–H groups in total. The summed E-state index contributed by atoms with van der Waals surface area (Å²) in [5.41, 5.74) is -0.00682. The number of hydrogen-bond acceptors (Lipinski definition) is 5. The maximum Gasteiger partial charge on any atom is 0.248 e. The molecule has 1 aliphatic heterocycles. The summed E-state index contributed by atoms with van der Waals surface area (Å²) in [6, 6.07) is 17.7. The van der Waals surface area contributed by atoms with Crippen LogP contribution in [-0.2, 0) is 16.0 Å². The smallest absolute Gasteiger partial charge is 0.248 e. The molecule has 2 aromatic carbocycles. The van der Waals surface area contributed by atoms with Gasteiger partial charge in [-0.3, -0.25) is 19.8 Å². The number of benzene rings is 2. The zero-order valence-corrected chi connectivity index (χ0v) is 16.9. The van der Waals surface area contributed by atoms with Crippen LogP contribution in [0.15, 0.2) is 54.7 Å². The van der Waals surface area contributed by atoms with Gasteiger partial charge in [0.25, 0.3) is 0 Å². The summed E-state index contributed by atoms with van der Waals surface area (Å²) in [4.78, 5) is 35.7. The molecule has 1 aromatic heterocycles. The van der Waals surface area contributed by atoms with Crippen molar-refractivity contribution in [3.8, 4) is 6.07 Å². The lowest BCUT2D eigenvalue weighted by atomic mass is 9.83. The van der Waals surface area contributed by atoms with Gasteiger partial charge >= 0.3 is 0 Å². The second-order valence-corrected chi connectivity index (χ2v) is 8.17. The fourth-order valence-corrected chi connectivity index (χ4v) is 4.45. The summed E-state index contributed by atoms with van der Waals surface area (Å²) in [5.74, 6) is 0.293. The number of rotatable bonds is 5. The first-order valence-corrected chi connectivity index (χ1v) is 10.4. The molecular weight excluding hydrogens is 390 g/mol. The number of amides is 2. The van der Waals surface area contributed by atoms with E-state index in [1.54, 1.807) is 11.0 Å². The Morgan fingerprint density at radius 3 is 2.81 bits per heavy atom. The quantitative estimate of drug-likeness (QED) is 0.693. The van der Waals surface area contributed by atoms with E-state index in [1.807, 2.05) is 42.5 Å². The number of hydrogen-bond donors (Lipinski definition) is 1. The van der Waals surface area contributed by atoms with Crippen molar-refractivity contribution in [2.75, 3.05) is 16.8 Å². The Labute approximate surface area is 179 Å². The highest BCUT2D eigenvalue weighted by molar-refractivity contribution is 6.02. The van der Waals surface area contributed by atoms with Gasteiger partial charge in [0.15, 0.2) is 0 Å². The molecule has 2 fully saturated rings. The zero-order chi connectivity index (χ0) is 21.4. The van der Waals surface area contributed by atoms with E-state index in [0.717, 1.165) is 29.2 Å². The van der Waals surface area contributed by atoms with Crippen LogP contribution in [0.5, 0.6) is 0 Å². The van der Waals surface area contributed by atoms with Gasteiger partial charge in [0.05, 0.1) is 12.5 Å². The summed E-state index contributed by atoms with van der Waals surface area (Å²) in [5, 5.41) is 14.5. The standard InChI is InChI=1S/C24H21N5O2/c25-15-24(18-8-9-18)11-13-29(22(24)31)20-10-12-26-23(27-20)28-21(30)14-17-6-3-5-16-4-1-2-7-19(16)17/h1-7,10,12,18H,8-9,11,13-14H2,(H,26,27,28,30)/t24-/m1/s1. The van der Waals surface area contributed by atoms with Gasteiger partial charge in [-0.2, -0.15) is 10.2 Å². The minimum atomic E-state index is -0.928. The molecule has 0 spiro atoms. The molecule has 0 radical (unpaired) electrons. The molecule has 0 bridgehead atoms. The number of anilines is 2. The second kappa shape index (κ2) is 7.47. The number of nitrogens with one attached hydrogen (secondary N) is 1. The molecule has 2 aliphatic rings. The predicted octanol–water partition coefficient (Wildman–Crippen LogP) is 3.47. The average Bonchev–Trinajstić information content (AvgIpc) is 3.58. The molecule has 0 unspecified atom stereocenters. The molecule has 1 saturated heterocycles. The molecule has 1 saturated carbocycles. The van der Waals surface area contributed by atoms with Crippen LogP contribution in [0.1, 0.15) is 24.8 Å². The summed E-state index contributed by atoms with van der Waals surface area (Å²) in [6.45, 7) is 0.448. The van der Waals surface area contributed by atoms with Gasteiger partial charge in [0.2, 0.25) is 17.8 Å². The van der Waals surface area contributed by atoms with Crippen LogP contribution in [0.2, 0.25) is 0 Å². The van der Waals surface area contributed by atoms with Gasteiger partial charge in [0, 0.05) is 12.7 Å². The molecular formula is C24H21N5O2. The maximum atomic E-state index is 13.0. The Balaban J connectivity index is 1.32. The van der Waals surface area contributed by atoms with E-state index in [0.29, 0.717) is 18.8 Å². The number of carbonyl (C=O) groups excluding carboxylic acids is 2. The molecule has 1 aliphatic carbocycles. The van der Waals surface area contributed by atoms with Crippen LogP contribution >= 0.6 is 0 Å². The first-order chi connectivity index (χ1) is 15.1. The number of fused-ring (bicyclic) bond motifs is 1. The van der Waals surface area contributed by atoms with Crippen LogP contribution < -0.4 is 10.2 Å². The predicted molar refractivity (Wildman–Crippen MR) is 116 cm³/mol. The monoisotopic (exact) mass is 411 g/mol. The van der Waals surface area contributed by atoms with Crippen LogP contribution in [0, 0.1) is 22.7 Å². The highest BCUT2D eigenvalue weighted by Gasteiger charge is 2.57. The van der Waals surface area contributed by atoms with Gasteiger partial charge < -0.3 is 0 Å². The normalized spacial score (nSPS) is 20.6. The number of aromatic nitrogens is 2. The molecule has 2 amide bonds. The highest BCUT2D eigenvalue weighted by atomic mass is 16.2. The Kier molecular flexibility index (Phi) is 4.63. The van der Waals surface area contributed by atoms with E-state index < -0.39 is 5.41 Å². The third kappa shape index (κ3) is 3.40. The molecule has 2 heterocycles. The van der Waals surface area contributed by atoms with Crippen molar-refractivity contribution < 1.29 is 9.59 Å². The fraction of sp³-hybridized carbons (Fsp3) is 0.292. The van der Waals surface area contributed by atoms with Gasteiger partial charge in [-0.05, 0) is 47.6 Å². The Morgan fingerprint density at radius 2 is 2.00 bits per heavy atom. The molecule has 7 nitrogen and oxygen atoms in total. The zero-order valence-electron chi connectivity index (χ0n) is 16.9. The van der Waals surface area contributed by atoms with Crippen LogP contribution in [0.25, 0.3) is 10.8 Å². The van der Waals surface area contributed by atoms with Crippen LogP contribution in [-0.4, -0.2) is 28.3 Å². The number of nitriles is 1. The number of carbonyl (C=O) groups is 2. The molecule has 5 rings (SSSR count). The first kappa shape index (κ1) is 19.2. The topological polar surface area (TPSA) is 99.0 Å². The lowest BCUT2D eigenvalue weighted by Gasteiger charge is -2.20. The van der Waals surface area contributed by atoms with E-state index in [1.165, 1.54) is 6.20 Å². The van der Waals surface area contributed by atoms with Crippen molar-refractivity contribution in [1.82, 2.24) is 9.97 Å². The van der Waals surface area contributed by atoms with E-state index >= 15 is 0 Å². The summed E-state index contributed by atoms with van der Waals surface area (Å²) in [6.07, 6.45) is 4.07. The maximum absolute atomic E-state index is 13.0. The van der Waals surface area contributed by atoms with E-state index in [4.69, 9.17) is 0 Å². The highest BCUT2D eigenvalue weighted by Crippen LogP contribution is 2.51. The van der Waals surface area contributed by atoms with Crippen LogP contribution in [0.4, 0.5) is 11.8 Å². The summed E-state index contributed by atoms with van der Waals surface area (Å²) in [7, 11) is 0. The molecule has 7 heteroatoms. The van der Waals surface area contributed by atoms with Crippen molar-refractivity contribution in [2.24, 2.45) is 11.3 Å². The summed E-state index contributed by atoms with van der Waals surface area (Å²) < 4.78 is 0. The van der Waals surface area contributed by atoms with Gasteiger partial charge in [-0.15, -0.1) is 0 Å². The van der Waals surface area contributed by atoms with Gasteiger partial charge in [-0.25, -0.2) is 4.98 Å². The minimum absolute atomic E-state index is 0.149. The second-order valence-electron chi connectivity index (χ2n) is 8.17. The third-order valence-electron chi connectivity index (χ3n) is 6.23. The summed E-state index contributed by atoms with van der Waals surface area (Å²) >= 11 is 0. The first-order valence-electron chi connectivity index (χ1n) is 10.4. The van der Waals surface area contributed by atoms with Crippen molar-refractivity contribution in [2.45, 2.75) is 25.7 Å². The molecule has 1 atom stereocenters. The van der Waals surface area contributed by atoms with Crippen molar-refractivity contribution in [3.63, 3.8) is 0 Å². The molecule has 154 valence electrons. The Hall–Kier alpha value is -3.79. The number of nitrogens with zero attached hydrogens (tertiary/aromatic N) is 4. The van der Waals surface area contributed by atoms with Crippen LogP contribution in [0.3, 0.4) is 0 Å². The SMILES string of the molecule is N#C[C@@]1(C2CC2)CCN(c2ccnc(NC(=O)Cc3cccc4ccccc34)n2)C1=O. The Bertz CT molecular complexity index is 1220. The molecule has 3 aromatic rings. The fourth-order valence-electron chi connectivity index (χ4n) is 4.45.